The fourth-order valence-electron chi connectivity index (χ4n) is 6.88. The molecule has 0 spiro atoms. The number of aromatic nitrogens is 1. The molecule has 4 nitrogen and oxygen atoms in total. The predicted octanol–water partition coefficient (Wildman–Crippen LogP) is 11.0. The van der Waals surface area contributed by atoms with Crippen LogP contribution in [0.15, 0.2) is 133 Å². The summed E-state index contributed by atoms with van der Waals surface area (Å²) in [6.07, 6.45) is -10.1. The number of amides is 2. The smallest absolute Gasteiger partial charge is 0.308 e. The van der Waals surface area contributed by atoms with E-state index in [1.165, 1.54) is 12.1 Å². The van der Waals surface area contributed by atoms with Gasteiger partial charge in [0.25, 0.3) is 11.8 Å². The molecule has 0 atom stereocenters. The van der Waals surface area contributed by atoms with Crippen molar-refractivity contribution in [2.24, 2.45) is 0 Å². The van der Waals surface area contributed by atoms with Gasteiger partial charge in [-0.2, -0.15) is 26.3 Å². The van der Waals surface area contributed by atoms with Crippen LogP contribution in [0, 0.1) is 0 Å². The van der Waals surface area contributed by atoms with Crippen LogP contribution in [-0.4, -0.2) is 16.4 Å². The molecule has 0 bridgehead atoms. The summed E-state index contributed by atoms with van der Waals surface area (Å²) in [7, 11) is 0. The first-order chi connectivity index (χ1) is 23.9. The highest BCUT2D eigenvalue weighted by molar-refractivity contribution is 6.36. The van der Waals surface area contributed by atoms with Crippen molar-refractivity contribution in [2.75, 3.05) is 4.90 Å². The second-order valence-electron chi connectivity index (χ2n) is 11.8. The maximum atomic E-state index is 14.5. The number of alkyl halides is 6. The Labute approximate surface area is 280 Å². The van der Waals surface area contributed by atoms with Gasteiger partial charge in [0.2, 0.25) is 0 Å². The Bertz CT molecular complexity index is 2510. The van der Waals surface area contributed by atoms with Crippen LogP contribution in [0.3, 0.4) is 0 Å². The van der Waals surface area contributed by atoms with Gasteiger partial charge in [0.05, 0.1) is 44.7 Å². The Hall–Kier alpha value is -6.16. The lowest BCUT2D eigenvalue weighted by Gasteiger charge is -2.19. The molecule has 1 aliphatic rings. The van der Waals surface area contributed by atoms with Crippen LogP contribution in [-0.2, 0) is 12.4 Å². The van der Waals surface area contributed by atoms with E-state index >= 15 is 0 Å². The summed E-state index contributed by atoms with van der Waals surface area (Å²) in [5.74, 6) is -1.20. The molecule has 0 saturated heterocycles. The van der Waals surface area contributed by atoms with E-state index in [9.17, 15) is 35.9 Å². The molecule has 6 aromatic carbocycles. The predicted molar refractivity (Wildman–Crippen MR) is 179 cm³/mol. The minimum atomic E-state index is -5.13. The average Bonchev–Trinajstić information content (AvgIpc) is 3.58. The number of benzene rings is 6. The van der Waals surface area contributed by atoms with Gasteiger partial charge in [-0.3, -0.25) is 9.59 Å². The molecule has 0 N–H and O–H groups in total. The van der Waals surface area contributed by atoms with Gasteiger partial charge in [0, 0.05) is 21.9 Å². The van der Waals surface area contributed by atoms with E-state index in [0.29, 0.717) is 33.6 Å². The Morgan fingerprint density at radius 3 is 1.86 bits per heavy atom. The summed E-state index contributed by atoms with van der Waals surface area (Å²) in [4.78, 5) is 29.7. The molecule has 50 heavy (non-hydrogen) atoms. The van der Waals surface area contributed by atoms with Crippen molar-refractivity contribution in [3.05, 3.63) is 156 Å². The molecule has 8 rings (SSSR count). The maximum Gasteiger partial charge on any atom is 0.417 e. The van der Waals surface area contributed by atoms with E-state index in [1.807, 2.05) is 30.3 Å². The van der Waals surface area contributed by atoms with Crippen molar-refractivity contribution in [3.63, 3.8) is 0 Å². The first-order valence-corrected chi connectivity index (χ1v) is 15.4. The van der Waals surface area contributed by atoms with Crippen molar-refractivity contribution in [3.8, 4) is 27.9 Å². The molecule has 2 heterocycles. The molecule has 7 aromatic rings. The number of rotatable bonds is 4. The van der Waals surface area contributed by atoms with Crippen LogP contribution in [0.2, 0.25) is 0 Å². The molecular formula is C40H22F6N2O2. The van der Waals surface area contributed by atoms with Crippen molar-refractivity contribution < 1.29 is 35.9 Å². The third-order valence-electron chi connectivity index (χ3n) is 9.00. The standard InChI is InChI=1S/C40H22F6N2O2/c41-39(42,43)24-20-21-26(31(22-24)40(44,45)46)28-14-8-15-29-27-13-5-7-18-33(27)47(36(28)29)34-19-9-16-30-35(34)38(50)48(37(30)49)32-17-6-4-12-25(32)23-10-2-1-3-11-23/h1-22H. The zero-order valence-electron chi connectivity index (χ0n) is 25.7. The highest BCUT2D eigenvalue weighted by atomic mass is 19.4. The normalized spacial score (nSPS) is 13.4. The van der Waals surface area contributed by atoms with Gasteiger partial charge in [0.1, 0.15) is 0 Å². The van der Waals surface area contributed by atoms with E-state index in [2.05, 4.69) is 0 Å². The number of imide groups is 1. The van der Waals surface area contributed by atoms with Crippen LogP contribution >= 0.6 is 0 Å². The number of halogens is 6. The summed E-state index contributed by atoms with van der Waals surface area (Å²) in [6.45, 7) is 0. The topological polar surface area (TPSA) is 42.3 Å². The summed E-state index contributed by atoms with van der Waals surface area (Å²) in [5.41, 5.74) is -0.429. The van der Waals surface area contributed by atoms with Gasteiger partial charge in [-0.15, -0.1) is 0 Å². The quantitative estimate of drug-likeness (QED) is 0.138. The number of para-hydroxylation sites is 3. The van der Waals surface area contributed by atoms with Gasteiger partial charge in [0.15, 0.2) is 0 Å². The van der Waals surface area contributed by atoms with Gasteiger partial charge in [-0.1, -0.05) is 97.1 Å². The molecule has 0 fully saturated rings. The summed E-state index contributed by atoms with van der Waals surface area (Å²) in [5, 5.41) is 1.14. The molecule has 0 aliphatic carbocycles. The summed E-state index contributed by atoms with van der Waals surface area (Å²) in [6, 6.07) is 34.2. The van der Waals surface area contributed by atoms with Crippen molar-refractivity contribution in [1.82, 2.24) is 4.57 Å². The van der Waals surface area contributed by atoms with Crippen LogP contribution in [0.5, 0.6) is 0 Å². The third-order valence-corrected chi connectivity index (χ3v) is 9.00. The first kappa shape index (κ1) is 31.1. The third kappa shape index (κ3) is 4.78. The lowest BCUT2D eigenvalue weighted by Crippen LogP contribution is -2.30. The molecule has 1 aromatic heterocycles. The molecule has 10 heteroatoms. The minimum Gasteiger partial charge on any atom is -0.308 e. The molecule has 0 unspecified atom stereocenters. The lowest BCUT2D eigenvalue weighted by molar-refractivity contribution is -0.142. The highest BCUT2D eigenvalue weighted by Gasteiger charge is 2.41. The largest absolute Gasteiger partial charge is 0.417 e. The number of carbonyl (C=O) groups is 2. The van der Waals surface area contributed by atoms with Crippen molar-refractivity contribution >= 4 is 39.3 Å². The first-order valence-electron chi connectivity index (χ1n) is 15.4. The van der Waals surface area contributed by atoms with Crippen LogP contribution in [0.25, 0.3) is 49.7 Å². The van der Waals surface area contributed by atoms with E-state index in [0.717, 1.165) is 16.5 Å². The lowest BCUT2D eigenvalue weighted by atomic mass is 9.95. The monoisotopic (exact) mass is 676 g/mol. The fourth-order valence-corrected chi connectivity index (χ4v) is 6.88. The Morgan fingerprint density at radius 2 is 1.10 bits per heavy atom. The highest BCUT2D eigenvalue weighted by Crippen LogP contribution is 2.46. The Kier molecular flexibility index (Phi) is 6.97. The van der Waals surface area contributed by atoms with Crippen molar-refractivity contribution in [2.45, 2.75) is 12.4 Å². The van der Waals surface area contributed by atoms with Gasteiger partial charge >= 0.3 is 12.4 Å². The number of nitrogens with zero attached hydrogens (tertiary/aromatic N) is 2. The van der Waals surface area contributed by atoms with E-state index in [-0.39, 0.29) is 34.0 Å². The molecule has 246 valence electrons. The molecule has 1 aliphatic heterocycles. The molecule has 0 saturated carbocycles. The van der Waals surface area contributed by atoms with Gasteiger partial charge in [-0.25, -0.2) is 4.90 Å². The van der Waals surface area contributed by atoms with Gasteiger partial charge < -0.3 is 4.57 Å². The number of anilines is 1. The number of hydrogen-bond donors (Lipinski definition) is 0. The molecule has 2 amide bonds. The maximum absolute atomic E-state index is 14.5. The van der Waals surface area contributed by atoms with Crippen molar-refractivity contribution in [1.29, 1.82) is 0 Å². The van der Waals surface area contributed by atoms with Crippen LogP contribution in [0.1, 0.15) is 31.8 Å². The Balaban J connectivity index is 1.40. The van der Waals surface area contributed by atoms with E-state index in [4.69, 9.17) is 0 Å². The Morgan fingerprint density at radius 1 is 0.480 bits per heavy atom. The second kappa shape index (κ2) is 11.2. The van der Waals surface area contributed by atoms with Gasteiger partial charge in [-0.05, 0) is 47.5 Å². The minimum absolute atomic E-state index is 0.000374. The molecule has 0 radical (unpaired) electrons. The zero-order chi connectivity index (χ0) is 34.9. The average molecular weight is 677 g/mol. The van der Waals surface area contributed by atoms with Crippen LogP contribution in [0.4, 0.5) is 32.0 Å². The van der Waals surface area contributed by atoms with Crippen LogP contribution < -0.4 is 4.90 Å². The zero-order valence-corrected chi connectivity index (χ0v) is 25.7. The fraction of sp³-hybridized carbons (Fsp3) is 0.0500. The number of carbonyl (C=O) groups excluding carboxylic acids is 2. The van der Waals surface area contributed by atoms with E-state index in [1.54, 1.807) is 77.4 Å². The second-order valence-corrected chi connectivity index (χ2v) is 11.8. The van der Waals surface area contributed by atoms with E-state index < -0.39 is 40.9 Å². The number of hydrogen-bond acceptors (Lipinski definition) is 2. The number of fused-ring (bicyclic) bond motifs is 4. The SMILES string of the molecule is O=C1c2cccc(-n3c4ccccc4c4cccc(-c5ccc(C(F)(F)F)cc5C(F)(F)F)c43)c2C(=O)N1c1ccccc1-c1ccccc1. The molecular weight excluding hydrogens is 654 g/mol. The summed E-state index contributed by atoms with van der Waals surface area (Å²) >= 11 is 0. The summed E-state index contributed by atoms with van der Waals surface area (Å²) < 4.78 is 85.9.